The van der Waals surface area contributed by atoms with E-state index >= 15 is 0 Å². The Balaban J connectivity index is 0.000000263. The van der Waals surface area contributed by atoms with Crippen molar-refractivity contribution in [1.29, 1.82) is 0 Å². The third-order valence-corrected chi connectivity index (χ3v) is 12.0. The maximum absolute atomic E-state index is 13.2. The van der Waals surface area contributed by atoms with Crippen molar-refractivity contribution in [3.63, 3.8) is 0 Å². The van der Waals surface area contributed by atoms with Gasteiger partial charge in [-0.25, -0.2) is 18.1 Å². The number of benzene rings is 2. The largest absolute Gasteiger partial charge is 2.00 e. The van der Waals surface area contributed by atoms with Crippen LogP contribution in [0.2, 0.25) is 0 Å². The molecule has 1 N–H and O–H groups in total. The average Bonchev–Trinajstić information content (AvgIpc) is 3.91. The van der Waals surface area contributed by atoms with E-state index in [0.717, 1.165) is 80.4 Å². The van der Waals surface area contributed by atoms with Crippen LogP contribution in [-0.2, 0) is 50.3 Å². The number of halogens is 3. The van der Waals surface area contributed by atoms with Crippen molar-refractivity contribution in [1.82, 2.24) is 19.6 Å². The van der Waals surface area contributed by atoms with Gasteiger partial charge in [0.25, 0.3) is 0 Å². The normalized spacial score (nSPS) is 22.8. The van der Waals surface area contributed by atoms with Crippen LogP contribution >= 0.6 is 0 Å². The summed E-state index contributed by atoms with van der Waals surface area (Å²) in [4.78, 5) is 11.0. The van der Waals surface area contributed by atoms with Crippen molar-refractivity contribution in [2.75, 3.05) is 0 Å². The van der Waals surface area contributed by atoms with Crippen molar-refractivity contribution in [3.8, 4) is 11.4 Å². The number of carbonyl (C=O) groups is 1. The van der Waals surface area contributed by atoms with Gasteiger partial charge in [-0.1, -0.05) is 31.1 Å². The van der Waals surface area contributed by atoms with Crippen LogP contribution in [0.4, 0.5) is 8.78 Å². The molecule has 5 atom stereocenters. The summed E-state index contributed by atoms with van der Waals surface area (Å²) in [6, 6.07) is 12.9. The van der Waals surface area contributed by atoms with E-state index in [4.69, 9.17) is 0 Å². The van der Waals surface area contributed by atoms with Crippen molar-refractivity contribution < 1.29 is 68.4 Å². The number of hydrogen-bond acceptors (Lipinski definition) is 4. The maximum Gasteiger partial charge on any atom is 2.00 e. The number of aliphatic hydroxyl groups excluding tert-OH is 1. The van der Waals surface area contributed by atoms with E-state index in [1.165, 1.54) is 46.5 Å². The van der Waals surface area contributed by atoms with Crippen molar-refractivity contribution >= 4 is 41.5 Å². The molecule has 0 spiro atoms. The molecule has 0 bridgehead atoms. The summed E-state index contributed by atoms with van der Waals surface area (Å²) < 4.78 is 30.2. The standard InChI is InChI=1S/C22H25FN2O.C19H19FN2O.C4H7.BrH.Mg.Y/c1-3-4-20(26)11-16-5-6-17-12-21-15(13-22(16,17)2)14-24-25(21)19-9-7-18(23)8-10-19;1-19-11-13-12-21-22(17-6-4-16(20)5-7-17)18(13)10-15(19)3-2-14(19)8-9-23;1-3-4-2;;;/h3,7-10,12,14,16,20,26H,1,4-6,11,13H2,2H3;4-7,9-10,12,14H,2-3,8,11H2,1H3;3H,1-2,4H2;1H;;/q;;-1;;+2;/p-1/t16-,20+,22-;14-,19-;;;;/m11..../s1. The second-order valence-corrected chi connectivity index (χ2v) is 15.3. The van der Waals surface area contributed by atoms with Gasteiger partial charge in [-0.2, -0.15) is 16.6 Å². The summed E-state index contributed by atoms with van der Waals surface area (Å²) in [7, 11) is 0. The second-order valence-electron chi connectivity index (χ2n) is 15.3. The predicted octanol–water partition coefficient (Wildman–Crippen LogP) is 6.67. The molecule has 0 aliphatic heterocycles. The summed E-state index contributed by atoms with van der Waals surface area (Å²) >= 11 is 0. The number of aromatic nitrogens is 4. The molecule has 56 heavy (non-hydrogen) atoms. The third kappa shape index (κ3) is 10.1. The van der Waals surface area contributed by atoms with E-state index in [0.29, 0.717) is 24.7 Å². The third-order valence-electron chi connectivity index (χ3n) is 12.0. The van der Waals surface area contributed by atoms with Crippen LogP contribution in [0.5, 0.6) is 0 Å². The van der Waals surface area contributed by atoms with Crippen LogP contribution < -0.4 is 17.0 Å². The van der Waals surface area contributed by atoms with Crippen molar-refractivity contribution in [3.05, 3.63) is 138 Å². The van der Waals surface area contributed by atoms with Gasteiger partial charge in [0.15, 0.2) is 0 Å². The molecule has 0 unspecified atom stereocenters. The molecule has 4 aromatic rings. The second kappa shape index (κ2) is 21.1. The van der Waals surface area contributed by atoms with Crippen LogP contribution in [0.3, 0.4) is 0 Å². The van der Waals surface area contributed by atoms with E-state index < -0.39 is 0 Å². The topological polar surface area (TPSA) is 72.9 Å². The van der Waals surface area contributed by atoms with Crippen molar-refractivity contribution in [2.45, 2.75) is 84.2 Å². The Morgan fingerprint density at radius 1 is 0.839 bits per heavy atom. The van der Waals surface area contributed by atoms with E-state index in [2.05, 4.69) is 56.3 Å². The van der Waals surface area contributed by atoms with Crippen LogP contribution in [0.15, 0.2) is 97.4 Å². The number of allylic oxidation sites excluding steroid dienone is 3. The molecular formula is C45H51BrF2MgN4O2Y. The Morgan fingerprint density at radius 3 is 1.68 bits per heavy atom. The van der Waals surface area contributed by atoms with E-state index in [1.807, 2.05) is 21.8 Å². The molecule has 2 fully saturated rings. The summed E-state index contributed by atoms with van der Waals surface area (Å²) in [5.74, 6) is 0.421. The van der Waals surface area contributed by atoms with Crippen LogP contribution in [0.1, 0.15) is 87.7 Å². The van der Waals surface area contributed by atoms with Gasteiger partial charge in [-0.3, -0.25) is 0 Å². The summed E-state index contributed by atoms with van der Waals surface area (Å²) in [5, 5.41) is 19.3. The number of hydrogen-bond donors (Lipinski definition) is 1. The van der Waals surface area contributed by atoms with Crippen LogP contribution in [-0.4, -0.2) is 60.1 Å². The number of nitrogens with zero attached hydrogens (tertiary/aromatic N) is 4. The molecule has 2 aromatic carbocycles. The van der Waals surface area contributed by atoms with Gasteiger partial charge in [-0.05, 0) is 146 Å². The van der Waals surface area contributed by atoms with Gasteiger partial charge in [0.2, 0.25) is 0 Å². The molecule has 0 amide bonds. The Hall–Kier alpha value is -2.34. The fraction of sp³-hybridized carbons (Fsp3) is 0.378. The first-order chi connectivity index (χ1) is 25.5. The van der Waals surface area contributed by atoms with Gasteiger partial charge >= 0.3 is 23.1 Å². The fourth-order valence-electron chi connectivity index (χ4n) is 8.93. The van der Waals surface area contributed by atoms with Gasteiger partial charge in [0.05, 0.1) is 41.3 Å². The summed E-state index contributed by atoms with van der Waals surface area (Å²) in [5.41, 5.74) is 9.41. The minimum Gasteiger partial charge on any atom is -1.00 e. The van der Waals surface area contributed by atoms with Crippen LogP contribution in [0.25, 0.3) is 23.5 Å². The zero-order chi connectivity index (χ0) is 37.8. The fourth-order valence-corrected chi connectivity index (χ4v) is 8.93. The zero-order valence-electron chi connectivity index (χ0n) is 32.6. The quantitative estimate of drug-likeness (QED) is 0.0883. The van der Waals surface area contributed by atoms with Crippen molar-refractivity contribution in [2.24, 2.45) is 22.7 Å². The molecule has 0 saturated heterocycles. The van der Waals surface area contributed by atoms with Gasteiger partial charge < -0.3 is 33.8 Å². The Kier molecular flexibility index (Phi) is 18.1. The first-order valence-corrected chi connectivity index (χ1v) is 18.7. The molecule has 2 heterocycles. The molecule has 8 rings (SSSR count). The van der Waals surface area contributed by atoms with Gasteiger partial charge in [-0.15, -0.1) is 19.2 Å². The Labute approximate surface area is 382 Å². The SMILES string of the molecule is C=CC[C@H](O)C[C@H]1CCC2=Cc3c(cnn3-c3ccc(F)cc3)C[C@@]21C.C=CC[CH2-].C[C@]12Cc3cnn(-c4ccc(F)cc4)c3C=C1CC[C@@H]2CC=O.[Br-].[Mg+2].[Y]. The van der Waals surface area contributed by atoms with Gasteiger partial charge in [0, 0.05) is 39.1 Å². The van der Waals surface area contributed by atoms with E-state index in [-0.39, 0.29) is 101 Å². The number of rotatable bonds is 9. The summed E-state index contributed by atoms with van der Waals surface area (Å²) in [6.45, 7) is 15.2. The minimum absolute atomic E-state index is 0. The Bertz CT molecular complexity index is 2010. The molecule has 2 aromatic heterocycles. The zero-order valence-corrected chi connectivity index (χ0v) is 38.5. The number of aliphatic hydroxyl groups is 1. The maximum atomic E-state index is 13.2. The summed E-state index contributed by atoms with van der Waals surface area (Å²) in [6.07, 6.45) is 21.8. The average molecular weight is 911 g/mol. The molecule has 2 saturated carbocycles. The first kappa shape index (κ1) is 48.0. The predicted molar refractivity (Wildman–Crippen MR) is 214 cm³/mol. The molecular weight excluding hydrogens is 860 g/mol. The molecule has 1 radical (unpaired) electrons. The van der Waals surface area contributed by atoms with Crippen LogP contribution in [0, 0.1) is 41.2 Å². The molecule has 11 heteroatoms. The monoisotopic (exact) mass is 909 g/mol. The smallest absolute Gasteiger partial charge is 1.00 e. The van der Waals surface area contributed by atoms with E-state index in [1.54, 1.807) is 36.4 Å². The number of aldehydes is 1. The molecule has 289 valence electrons. The van der Waals surface area contributed by atoms with E-state index in [9.17, 15) is 18.7 Å². The first-order valence-electron chi connectivity index (χ1n) is 18.7. The Morgan fingerprint density at radius 2 is 1.27 bits per heavy atom. The van der Waals surface area contributed by atoms with Gasteiger partial charge in [0.1, 0.15) is 17.9 Å². The minimum atomic E-state index is -0.308. The molecule has 4 aliphatic carbocycles. The molecule has 6 nitrogen and oxygen atoms in total. The number of carbonyl (C=O) groups excluding carboxylic acids is 1. The number of fused-ring (bicyclic) bond motifs is 4. The molecule has 4 aliphatic rings.